The zero-order valence-electron chi connectivity index (χ0n) is 18.3. The first kappa shape index (κ1) is 21.4. The predicted molar refractivity (Wildman–Crippen MR) is 120 cm³/mol. The van der Waals surface area contributed by atoms with E-state index in [-0.39, 0.29) is 17.3 Å². The summed E-state index contributed by atoms with van der Waals surface area (Å²) in [6.07, 6.45) is 3.51. The maximum Gasteiger partial charge on any atom is 0.192 e. The van der Waals surface area contributed by atoms with E-state index >= 15 is 4.39 Å². The van der Waals surface area contributed by atoms with Crippen molar-refractivity contribution in [2.45, 2.75) is 18.9 Å². The molecule has 2 saturated heterocycles. The van der Waals surface area contributed by atoms with E-state index in [0.29, 0.717) is 55.0 Å². The van der Waals surface area contributed by atoms with Crippen molar-refractivity contribution in [3.8, 4) is 23.2 Å². The van der Waals surface area contributed by atoms with Gasteiger partial charge in [0.2, 0.25) is 0 Å². The Morgan fingerprint density at radius 2 is 2.18 bits per heavy atom. The lowest BCUT2D eigenvalue weighted by Crippen LogP contribution is -2.38. The van der Waals surface area contributed by atoms with Crippen LogP contribution in [0.15, 0.2) is 18.3 Å². The van der Waals surface area contributed by atoms with Crippen molar-refractivity contribution in [1.82, 2.24) is 24.9 Å². The van der Waals surface area contributed by atoms with Crippen LogP contribution in [0, 0.1) is 17.1 Å². The molecule has 0 aromatic carbocycles. The number of nitrogens with zero attached hydrogens (tertiary/aromatic N) is 6. The smallest absolute Gasteiger partial charge is 0.192 e. The molecule has 11 heteroatoms. The second-order valence-corrected chi connectivity index (χ2v) is 8.06. The number of hydrogen-bond donors (Lipinski definition) is 2. The van der Waals surface area contributed by atoms with E-state index in [2.05, 4.69) is 25.5 Å². The quantitative estimate of drug-likeness (QED) is 0.598. The standard InChI is InChI=1S/C22H25FN8O2/c1-32-18-10-19-26-13-17(31(19)29-22(18)30-5-7-33-8-6-30)20-16(23)9-14(11-24)21(28-20)27-15-3-2-4-25-12-15/h9-10,13,15,25H,2-8,12H2,1H3,(H,27,28)/t15-/m0/s1. The van der Waals surface area contributed by atoms with Gasteiger partial charge in [-0.15, -0.1) is 5.10 Å². The Morgan fingerprint density at radius 3 is 2.91 bits per heavy atom. The van der Waals surface area contributed by atoms with Gasteiger partial charge in [0.05, 0.1) is 32.1 Å². The minimum absolute atomic E-state index is 0.0818. The number of ether oxygens (including phenoxy) is 2. The summed E-state index contributed by atoms with van der Waals surface area (Å²) in [5, 5.41) is 20.9. The number of nitriles is 1. The minimum atomic E-state index is -0.605. The second kappa shape index (κ2) is 9.17. The van der Waals surface area contributed by atoms with Crippen molar-refractivity contribution >= 4 is 17.3 Å². The fraction of sp³-hybridized carbons (Fsp3) is 0.455. The summed E-state index contributed by atoms with van der Waals surface area (Å²) in [7, 11) is 1.58. The third kappa shape index (κ3) is 4.15. The average Bonchev–Trinajstić information content (AvgIpc) is 3.27. The highest BCUT2D eigenvalue weighted by Gasteiger charge is 2.23. The molecule has 2 fully saturated rings. The molecule has 0 saturated carbocycles. The first-order valence-electron chi connectivity index (χ1n) is 11.0. The first-order chi connectivity index (χ1) is 16.2. The molecule has 5 heterocycles. The monoisotopic (exact) mass is 452 g/mol. The number of aromatic nitrogens is 4. The molecule has 5 rings (SSSR count). The van der Waals surface area contributed by atoms with E-state index in [1.165, 1.54) is 12.3 Å². The summed E-state index contributed by atoms with van der Waals surface area (Å²) in [4.78, 5) is 11.0. The molecule has 0 radical (unpaired) electrons. The Kier molecular flexibility index (Phi) is 5.93. The lowest BCUT2D eigenvalue weighted by Gasteiger charge is -2.28. The average molecular weight is 452 g/mol. The van der Waals surface area contributed by atoms with Crippen molar-refractivity contribution in [2.75, 3.05) is 56.7 Å². The molecule has 0 bridgehead atoms. The summed E-state index contributed by atoms with van der Waals surface area (Å²) in [6.45, 7) is 4.26. The third-order valence-corrected chi connectivity index (χ3v) is 5.95. The van der Waals surface area contributed by atoms with E-state index in [1.807, 2.05) is 6.07 Å². The number of halogens is 1. The summed E-state index contributed by atoms with van der Waals surface area (Å²) < 4.78 is 27.7. The van der Waals surface area contributed by atoms with Crippen LogP contribution in [0.25, 0.3) is 17.0 Å². The highest BCUT2D eigenvalue weighted by atomic mass is 19.1. The summed E-state index contributed by atoms with van der Waals surface area (Å²) in [5.74, 6) is 0.973. The van der Waals surface area contributed by atoms with Gasteiger partial charge in [0.1, 0.15) is 23.3 Å². The molecule has 0 amide bonds. The minimum Gasteiger partial charge on any atom is -0.493 e. The zero-order chi connectivity index (χ0) is 22.8. The Hall–Kier alpha value is -3.49. The number of hydrogen-bond acceptors (Lipinski definition) is 9. The van der Waals surface area contributed by atoms with Crippen LogP contribution in [0.3, 0.4) is 0 Å². The van der Waals surface area contributed by atoms with E-state index in [4.69, 9.17) is 14.6 Å². The molecule has 10 nitrogen and oxygen atoms in total. The van der Waals surface area contributed by atoms with Crippen LogP contribution in [0.4, 0.5) is 16.0 Å². The van der Waals surface area contributed by atoms with Crippen LogP contribution in [-0.4, -0.2) is 72.1 Å². The molecule has 3 aromatic heterocycles. The number of imidazole rings is 1. The van der Waals surface area contributed by atoms with Crippen molar-refractivity contribution in [1.29, 1.82) is 5.26 Å². The van der Waals surface area contributed by atoms with Crippen LogP contribution in [0.5, 0.6) is 5.75 Å². The molecule has 33 heavy (non-hydrogen) atoms. The molecule has 0 unspecified atom stereocenters. The highest BCUT2D eigenvalue weighted by molar-refractivity contribution is 5.67. The lowest BCUT2D eigenvalue weighted by molar-refractivity contribution is 0.122. The molecule has 172 valence electrons. The summed E-state index contributed by atoms with van der Waals surface area (Å²) in [5.41, 5.74) is 1.15. The van der Waals surface area contributed by atoms with Crippen molar-refractivity contribution in [3.05, 3.63) is 29.7 Å². The van der Waals surface area contributed by atoms with Crippen molar-refractivity contribution < 1.29 is 13.9 Å². The number of anilines is 2. The second-order valence-electron chi connectivity index (χ2n) is 8.06. The predicted octanol–water partition coefficient (Wildman–Crippen LogP) is 1.81. The van der Waals surface area contributed by atoms with Crippen molar-refractivity contribution in [2.24, 2.45) is 0 Å². The fourth-order valence-corrected chi connectivity index (χ4v) is 4.23. The fourth-order valence-electron chi connectivity index (χ4n) is 4.23. The molecule has 2 N–H and O–H groups in total. The van der Waals surface area contributed by atoms with Gasteiger partial charge in [0, 0.05) is 31.7 Å². The number of methoxy groups -OCH3 is 1. The zero-order valence-corrected chi connectivity index (χ0v) is 18.3. The van der Waals surface area contributed by atoms with Gasteiger partial charge in [-0.3, -0.25) is 0 Å². The van der Waals surface area contributed by atoms with Gasteiger partial charge in [-0.25, -0.2) is 18.9 Å². The Bertz CT molecular complexity index is 1200. The molecule has 3 aromatic rings. The van der Waals surface area contributed by atoms with Gasteiger partial charge in [0.15, 0.2) is 23.0 Å². The maximum atomic E-state index is 15.1. The first-order valence-corrected chi connectivity index (χ1v) is 11.0. The Morgan fingerprint density at radius 1 is 1.33 bits per heavy atom. The van der Waals surface area contributed by atoms with E-state index in [1.54, 1.807) is 17.7 Å². The number of nitrogens with one attached hydrogen (secondary N) is 2. The Labute approximate surface area is 190 Å². The third-order valence-electron chi connectivity index (χ3n) is 5.95. The van der Waals surface area contributed by atoms with Gasteiger partial charge < -0.3 is 25.0 Å². The van der Waals surface area contributed by atoms with Gasteiger partial charge in [-0.2, -0.15) is 5.26 Å². The SMILES string of the molecule is COc1cc2ncc(-c3nc(N[C@H]4CCCNC4)c(C#N)cc3F)n2nc1N1CCOCC1. The van der Waals surface area contributed by atoms with Gasteiger partial charge in [-0.1, -0.05) is 0 Å². The van der Waals surface area contributed by atoms with Gasteiger partial charge >= 0.3 is 0 Å². The normalized spacial score (nSPS) is 18.8. The van der Waals surface area contributed by atoms with Crippen LogP contribution in [0.1, 0.15) is 18.4 Å². The number of pyridine rings is 1. The largest absolute Gasteiger partial charge is 0.493 e. The van der Waals surface area contributed by atoms with Gasteiger partial charge in [0.25, 0.3) is 0 Å². The number of fused-ring (bicyclic) bond motifs is 1. The highest BCUT2D eigenvalue weighted by Crippen LogP contribution is 2.31. The van der Waals surface area contributed by atoms with E-state index in [0.717, 1.165) is 25.9 Å². The molecule has 1 atom stereocenters. The van der Waals surface area contributed by atoms with E-state index in [9.17, 15) is 5.26 Å². The molecule has 2 aliphatic heterocycles. The van der Waals surface area contributed by atoms with Crippen molar-refractivity contribution in [3.63, 3.8) is 0 Å². The molecular formula is C22H25FN8O2. The van der Waals surface area contributed by atoms with Crippen LogP contribution in [-0.2, 0) is 4.74 Å². The number of piperidine rings is 1. The van der Waals surface area contributed by atoms with Crippen LogP contribution < -0.4 is 20.3 Å². The molecular weight excluding hydrogens is 427 g/mol. The molecule has 2 aliphatic rings. The summed E-state index contributed by atoms with van der Waals surface area (Å²) in [6, 6.07) is 5.15. The molecule has 0 spiro atoms. The molecule has 0 aliphatic carbocycles. The van der Waals surface area contributed by atoms with Crippen LogP contribution in [0.2, 0.25) is 0 Å². The van der Waals surface area contributed by atoms with E-state index < -0.39 is 5.82 Å². The number of morpholine rings is 1. The van der Waals surface area contributed by atoms with Crippen LogP contribution >= 0.6 is 0 Å². The topological polar surface area (TPSA) is 113 Å². The Balaban J connectivity index is 1.58. The number of rotatable bonds is 5. The summed E-state index contributed by atoms with van der Waals surface area (Å²) >= 11 is 0. The maximum absolute atomic E-state index is 15.1. The van der Waals surface area contributed by atoms with Gasteiger partial charge in [-0.05, 0) is 25.5 Å². The lowest BCUT2D eigenvalue weighted by atomic mass is 10.1.